The first-order valence-corrected chi connectivity index (χ1v) is 14.2. The fourth-order valence-corrected chi connectivity index (χ4v) is 4.91. The fourth-order valence-electron chi connectivity index (χ4n) is 4.30. The van der Waals surface area contributed by atoms with Crippen molar-refractivity contribution in [2.24, 2.45) is 5.92 Å². The van der Waals surface area contributed by atoms with Gasteiger partial charge in [-0.3, -0.25) is 0 Å². The van der Waals surface area contributed by atoms with E-state index in [1.807, 2.05) is 36.4 Å². The topological polar surface area (TPSA) is 65.0 Å². The highest BCUT2D eigenvalue weighted by Gasteiger charge is 2.24. The molecule has 0 spiro atoms. The Bertz CT molecular complexity index is 816. The minimum Gasteiger partial charge on any atom is -0.459 e. The minimum atomic E-state index is -0.430. The maximum Gasteiger partial charge on any atom is 0.338 e. The highest BCUT2D eigenvalue weighted by atomic mass is 127. The molecule has 2 aromatic rings. The van der Waals surface area contributed by atoms with E-state index in [-0.39, 0.29) is 30.2 Å². The molecule has 0 aliphatic heterocycles. The number of alkyl halides is 1. The van der Waals surface area contributed by atoms with Crippen LogP contribution in [0.25, 0.3) is 0 Å². The molecule has 0 aromatic heterocycles. The molecule has 6 heteroatoms. The van der Waals surface area contributed by atoms with Gasteiger partial charge >= 0.3 is 5.97 Å². The van der Waals surface area contributed by atoms with Gasteiger partial charge in [-0.25, -0.2) is 4.79 Å². The maximum atomic E-state index is 12.5. The Labute approximate surface area is 224 Å². The summed E-state index contributed by atoms with van der Waals surface area (Å²) in [5.41, 5.74) is 1.71. The zero-order valence-corrected chi connectivity index (χ0v) is 23.4. The van der Waals surface area contributed by atoms with Crippen molar-refractivity contribution >= 4 is 28.6 Å². The van der Waals surface area contributed by atoms with Crippen LogP contribution in [0.15, 0.2) is 60.7 Å². The van der Waals surface area contributed by atoms with Crippen LogP contribution < -0.4 is 0 Å². The molecule has 0 aliphatic carbocycles. The van der Waals surface area contributed by atoms with Gasteiger partial charge in [0.25, 0.3) is 0 Å². The van der Waals surface area contributed by atoms with Crippen LogP contribution >= 0.6 is 22.6 Å². The molecule has 35 heavy (non-hydrogen) atoms. The molecule has 2 rings (SSSR count). The molecule has 0 unspecified atom stereocenters. The van der Waals surface area contributed by atoms with Gasteiger partial charge in [0.1, 0.15) is 6.10 Å². The number of rotatable bonds is 17. The zero-order chi connectivity index (χ0) is 25.5. The van der Waals surface area contributed by atoms with E-state index in [4.69, 9.17) is 14.2 Å². The van der Waals surface area contributed by atoms with Gasteiger partial charge in [0.2, 0.25) is 0 Å². The number of methoxy groups -OCH3 is 1. The zero-order valence-electron chi connectivity index (χ0n) is 21.3. The smallest absolute Gasteiger partial charge is 0.338 e. The number of benzene rings is 2. The second-order valence-electron chi connectivity index (χ2n) is 9.31. The van der Waals surface area contributed by atoms with E-state index < -0.39 is 6.10 Å². The monoisotopic (exact) mass is 596 g/mol. The predicted molar refractivity (Wildman–Crippen MR) is 149 cm³/mol. The number of halogens is 1. The number of aliphatic hydroxyl groups excluding tert-OH is 1. The van der Waals surface area contributed by atoms with Crippen molar-refractivity contribution in [3.8, 4) is 0 Å². The summed E-state index contributed by atoms with van der Waals surface area (Å²) >= 11 is 2.32. The van der Waals surface area contributed by atoms with Crippen molar-refractivity contribution < 1.29 is 24.1 Å². The van der Waals surface area contributed by atoms with Crippen LogP contribution in [0.5, 0.6) is 0 Å². The molecule has 0 fully saturated rings. The second-order valence-corrected chi connectivity index (χ2v) is 10.2. The summed E-state index contributed by atoms with van der Waals surface area (Å²) in [5, 5.41) is 10.7. The number of hydrogen-bond donors (Lipinski definition) is 1. The molecule has 0 amide bonds. The first-order chi connectivity index (χ1) is 16.9. The third kappa shape index (κ3) is 11.9. The molecule has 0 aliphatic rings. The number of ether oxygens (including phenoxy) is 3. The SMILES string of the molecule is CCC[C@@H](C[C@H](C[C@H](C)C[C@@H](O)C[C@H](CI)OCc1ccccc1)OC)OC(=O)c1ccccc1. The van der Waals surface area contributed by atoms with Crippen molar-refractivity contribution in [3.05, 3.63) is 71.8 Å². The number of aliphatic hydroxyl groups is 1. The lowest BCUT2D eigenvalue weighted by molar-refractivity contribution is -0.00741. The van der Waals surface area contributed by atoms with Crippen LogP contribution in [0.1, 0.15) is 68.3 Å². The highest BCUT2D eigenvalue weighted by molar-refractivity contribution is 14.1. The van der Waals surface area contributed by atoms with Crippen LogP contribution in [0.3, 0.4) is 0 Å². The molecule has 0 heterocycles. The molecular formula is C29H41IO5. The summed E-state index contributed by atoms with van der Waals surface area (Å²) in [6, 6.07) is 19.2. The lowest BCUT2D eigenvalue weighted by atomic mass is 9.92. The van der Waals surface area contributed by atoms with Crippen molar-refractivity contribution in [2.45, 2.75) is 83.4 Å². The summed E-state index contributed by atoms with van der Waals surface area (Å²) < 4.78 is 18.5. The Morgan fingerprint density at radius 3 is 2.17 bits per heavy atom. The molecule has 5 nitrogen and oxygen atoms in total. The molecule has 0 bridgehead atoms. The normalized spacial score (nSPS) is 15.7. The van der Waals surface area contributed by atoms with Crippen LogP contribution in [0, 0.1) is 5.92 Å². The van der Waals surface area contributed by atoms with Crippen molar-refractivity contribution in [1.82, 2.24) is 0 Å². The van der Waals surface area contributed by atoms with Gasteiger partial charge in [-0.1, -0.05) is 91.4 Å². The molecule has 194 valence electrons. The molecular weight excluding hydrogens is 555 g/mol. The Balaban J connectivity index is 1.80. The number of carbonyl (C=O) groups excluding carboxylic acids is 1. The lowest BCUT2D eigenvalue weighted by Crippen LogP contribution is -2.28. The number of carbonyl (C=O) groups is 1. The first-order valence-electron chi connectivity index (χ1n) is 12.6. The summed E-state index contributed by atoms with van der Waals surface area (Å²) in [6.07, 6.45) is 3.84. The molecule has 0 saturated heterocycles. The maximum absolute atomic E-state index is 12.5. The van der Waals surface area contributed by atoms with Gasteiger partial charge in [-0.05, 0) is 42.9 Å². The highest BCUT2D eigenvalue weighted by Crippen LogP contribution is 2.23. The molecule has 0 saturated carbocycles. The average molecular weight is 597 g/mol. The summed E-state index contributed by atoms with van der Waals surface area (Å²) in [4.78, 5) is 12.5. The molecule has 1 N–H and O–H groups in total. The van der Waals surface area contributed by atoms with E-state index in [1.54, 1.807) is 19.2 Å². The van der Waals surface area contributed by atoms with Crippen molar-refractivity contribution in [2.75, 3.05) is 11.5 Å². The van der Waals surface area contributed by atoms with Gasteiger partial charge in [0, 0.05) is 24.4 Å². The van der Waals surface area contributed by atoms with Gasteiger partial charge in [-0.15, -0.1) is 0 Å². The van der Waals surface area contributed by atoms with Gasteiger partial charge in [0.05, 0.1) is 30.5 Å². The quantitative estimate of drug-likeness (QED) is 0.127. The molecule has 0 radical (unpaired) electrons. The van der Waals surface area contributed by atoms with Gasteiger partial charge in [0.15, 0.2) is 0 Å². The Kier molecular flexibility index (Phi) is 14.5. The Hall–Kier alpha value is -1.48. The Morgan fingerprint density at radius 1 is 0.914 bits per heavy atom. The fraction of sp³-hybridized carbons (Fsp3) is 0.552. The van der Waals surface area contributed by atoms with E-state index in [0.29, 0.717) is 31.4 Å². The van der Waals surface area contributed by atoms with Crippen LogP contribution in [0.4, 0.5) is 0 Å². The van der Waals surface area contributed by atoms with E-state index in [2.05, 4.69) is 48.6 Å². The van der Waals surface area contributed by atoms with E-state index in [1.165, 1.54) is 0 Å². The summed E-state index contributed by atoms with van der Waals surface area (Å²) in [6.45, 7) is 4.79. The van der Waals surface area contributed by atoms with E-state index >= 15 is 0 Å². The number of hydrogen-bond acceptors (Lipinski definition) is 5. The van der Waals surface area contributed by atoms with E-state index in [0.717, 1.165) is 29.3 Å². The standard InChI is InChI=1S/C29H41IO5/c1-4-11-26(35-29(32)24-14-9-6-10-15-24)19-27(33-3)17-22(2)16-25(31)18-28(20-30)34-21-23-12-7-5-8-13-23/h5-10,12-15,22,25-28,31H,4,11,16-21H2,1-3H3/t22-,25-,26+,27+,28-/m1/s1. The third-order valence-corrected chi connectivity index (χ3v) is 7.11. The number of esters is 1. The Morgan fingerprint density at radius 2 is 1.57 bits per heavy atom. The second kappa shape index (κ2) is 17.1. The predicted octanol–water partition coefficient (Wildman–Crippen LogP) is 6.60. The first kappa shape index (κ1) is 29.7. The third-order valence-electron chi connectivity index (χ3n) is 6.13. The lowest BCUT2D eigenvalue weighted by Gasteiger charge is -2.26. The van der Waals surface area contributed by atoms with Gasteiger partial charge in [-0.2, -0.15) is 0 Å². The van der Waals surface area contributed by atoms with Crippen LogP contribution in [-0.4, -0.2) is 47.0 Å². The minimum absolute atomic E-state index is 0.0163. The van der Waals surface area contributed by atoms with Crippen molar-refractivity contribution in [1.29, 1.82) is 0 Å². The van der Waals surface area contributed by atoms with E-state index in [9.17, 15) is 9.90 Å². The average Bonchev–Trinajstić information content (AvgIpc) is 2.87. The molecule has 5 atom stereocenters. The summed E-state index contributed by atoms with van der Waals surface area (Å²) in [7, 11) is 1.71. The largest absolute Gasteiger partial charge is 0.459 e. The summed E-state index contributed by atoms with van der Waals surface area (Å²) in [5.74, 6) is -0.0197. The molecule has 2 aromatic carbocycles. The van der Waals surface area contributed by atoms with Crippen LogP contribution in [-0.2, 0) is 20.8 Å². The van der Waals surface area contributed by atoms with Gasteiger partial charge < -0.3 is 19.3 Å². The van der Waals surface area contributed by atoms with Crippen molar-refractivity contribution in [3.63, 3.8) is 0 Å². The van der Waals surface area contributed by atoms with Crippen LogP contribution in [0.2, 0.25) is 0 Å².